The summed E-state index contributed by atoms with van der Waals surface area (Å²) < 4.78 is 6.38. The number of thioether (sulfide) groups is 1. The molecule has 3 atom stereocenters. The molecule has 4 heterocycles. The Morgan fingerprint density at radius 2 is 2.03 bits per heavy atom. The highest BCUT2D eigenvalue weighted by molar-refractivity contribution is 9.10. The van der Waals surface area contributed by atoms with Crippen molar-refractivity contribution >= 4 is 57.1 Å². The number of aromatic nitrogens is 1. The largest absolute Gasteiger partial charge is 0.444 e. The first-order chi connectivity index (χ1) is 17.5. The second-order valence-corrected chi connectivity index (χ2v) is 12.6. The summed E-state index contributed by atoms with van der Waals surface area (Å²) in [6.07, 6.45) is 2.85. The fourth-order valence-corrected chi connectivity index (χ4v) is 6.54. The first-order valence-electron chi connectivity index (χ1n) is 12.3. The van der Waals surface area contributed by atoms with Crippen LogP contribution >= 0.6 is 27.7 Å². The van der Waals surface area contributed by atoms with Gasteiger partial charge < -0.3 is 20.3 Å². The molecule has 9 nitrogen and oxygen atoms in total. The number of aryl methyl sites for hydroxylation is 1. The molecule has 37 heavy (non-hydrogen) atoms. The summed E-state index contributed by atoms with van der Waals surface area (Å²) >= 11 is 4.87. The van der Waals surface area contributed by atoms with Crippen LogP contribution in [0.2, 0.25) is 0 Å². The first kappa shape index (κ1) is 25.8. The molecule has 0 radical (unpaired) electrons. The standard InChI is InChI=1S/C26H30BrN5O4S/c1-14-7-8-15(27)12-18(14)32-17-9-10-28-23-19(17)20(30-24(32)34)21(37-23)22(33)29-16-6-5-11-31(13-16)25(35)36-26(2,3)4/h7-10,12,16,20-21H,5-6,11,13H2,1-4H3,(H,29,33)(H,30,34)/t16-,20?,21?/m1/s1. The summed E-state index contributed by atoms with van der Waals surface area (Å²) in [5.41, 5.74) is 2.73. The van der Waals surface area contributed by atoms with Gasteiger partial charge in [0, 0.05) is 35.4 Å². The molecule has 2 aromatic rings. The lowest BCUT2D eigenvalue weighted by Gasteiger charge is -2.36. The summed E-state index contributed by atoms with van der Waals surface area (Å²) in [5.74, 6) is -0.178. The predicted octanol–water partition coefficient (Wildman–Crippen LogP) is 5.04. The van der Waals surface area contributed by atoms with E-state index in [-0.39, 0.29) is 24.1 Å². The van der Waals surface area contributed by atoms with Crippen LogP contribution in [-0.4, -0.2) is 57.9 Å². The molecule has 1 fully saturated rings. The van der Waals surface area contributed by atoms with Crippen LogP contribution in [0.3, 0.4) is 0 Å². The minimum Gasteiger partial charge on any atom is -0.444 e. The van der Waals surface area contributed by atoms with E-state index in [0.29, 0.717) is 13.1 Å². The van der Waals surface area contributed by atoms with Crippen molar-refractivity contribution in [2.75, 3.05) is 18.0 Å². The number of nitrogens with one attached hydrogen (secondary N) is 2. The Morgan fingerprint density at radius 1 is 1.24 bits per heavy atom. The highest BCUT2D eigenvalue weighted by atomic mass is 79.9. The molecule has 0 spiro atoms. The van der Waals surface area contributed by atoms with E-state index >= 15 is 0 Å². The number of amides is 4. The molecule has 2 unspecified atom stereocenters. The van der Waals surface area contributed by atoms with Crippen LogP contribution in [0.15, 0.2) is 40.0 Å². The maximum absolute atomic E-state index is 13.5. The number of carbonyl (C=O) groups is 3. The molecule has 196 valence electrons. The Kier molecular flexibility index (Phi) is 6.86. The van der Waals surface area contributed by atoms with Crippen molar-refractivity contribution in [1.29, 1.82) is 0 Å². The van der Waals surface area contributed by atoms with Crippen molar-refractivity contribution in [3.05, 3.63) is 46.1 Å². The maximum Gasteiger partial charge on any atom is 0.410 e. The summed E-state index contributed by atoms with van der Waals surface area (Å²) in [4.78, 5) is 47.2. The lowest BCUT2D eigenvalue weighted by atomic mass is 9.98. The van der Waals surface area contributed by atoms with Crippen LogP contribution in [0, 0.1) is 6.92 Å². The van der Waals surface area contributed by atoms with Crippen LogP contribution in [0.4, 0.5) is 21.0 Å². The van der Waals surface area contributed by atoms with Gasteiger partial charge in [0.2, 0.25) is 5.91 Å². The third-order valence-corrected chi connectivity index (χ3v) is 8.38. The van der Waals surface area contributed by atoms with Gasteiger partial charge in [0.05, 0.1) is 17.4 Å². The Hall–Kier alpha value is -2.79. The SMILES string of the molecule is Cc1ccc(Br)cc1N1C(=O)NC2c3c1ccnc3SC2C(=O)N[C@@H]1CCCN(C(=O)OC(C)(C)C)C1. The van der Waals surface area contributed by atoms with Gasteiger partial charge in [-0.15, -0.1) is 0 Å². The lowest BCUT2D eigenvalue weighted by molar-refractivity contribution is -0.122. The van der Waals surface area contributed by atoms with E-state index in [2.05, 4.69) is 31.5 Å². The molecule has 2 N–H and O–H groups in total. The van der Waals surface area contributed by atoms with E-state index in [1.807, 2.05) is 52.0 Å². The van der Waals surface area contributed by atoms with Crippen LogP contribution in [-0.2, 0) is 9.53 Å². The Labute approximate surface area is 228 Å². The van der Waals surface area contributed by atoms with E-state index in [9.17, 15) is 14.4 Å². The summed E-state index contributed by atoms with van der Waals surface area (Å²) in [7, 11) is 0. The molecular weight excluding hydrogens is 558 g/mol. The molecule has 1 aromatic heterocycles. The zero-order chi connectivity index (χ0) is 26.5. The number of carbonyl (C=O) groups excluding carboxylic acids is 3. The summed E-state index contributed by atoms with van der Waals surface area (Å²) in [6, 6.07) is 6.65. The van der Waals surface area contributed by atoms with E-state index < -0.39 is 16.9 Å². The third-order valence-electron chi connectivity index (χ3n) is 6.60. The van der Waals surface area contributed by atoms with Gasteiger partial charge in [-0.1, -0.05) is 33.8 Å². The minimum absolute atomic E-state index is 0.178. The minimum atomic E-state index is -0.578. The number of rotatable bonds is 3. The zero-order valence-electron chi connectivity index (χ0n) is 21.2. The number of anilines is 2. The number of pyridine rings is 1. The van der Waals surface area contributed by atoms with Crippen molar-refractivity contribution in [2.24, 2.45) is 0 Å². The summed E-state index contributed by atoms with van der Waals surface area (Å²) in [5, 5.41) is 6.35. The van der Waals surface area contributed by atoms with Crippen LogP contribution in [0.1, 0.15) is 50.8 Å². The van der Waals surface area contributed by atoms with Crippen molar-refractivity contribution in [1.82, 2.24) is 20.5 Å². The molecule has 0 aliphatic carbocycles. The molecule has 1 aromatic carbocycles. The predicted molar refractivity (Wildman–Crippen MR) is 145 cm³/mol. The van der Waals surface area contributed by atoms with Crippen molar-refractivity contribution in [2.45, 2.75) is 68.5 Å². The highest BCUT2D eigenvalue weighted by Gasteiger charge is 2.47. The number of urea groups is 1. The number of ether oxygens (including phenoxy) is 1. The molecule has 5 rings (SSSR count). The Bertz CT molecular complexity index is 1270. The van der Waals surface area contributed by atoms with Gasteiger partial charge in [-0.25, -0.2) is 14.6 Å². The van der Waals surface area contributed by atoms with Gasteiger partial charge in [-0.3, -0.25) is 9.69 Å². The second kappa shape index (κ2) is 9.83. The van der Waals surface area contributed by atoms with Gasteiger partial charge in [-0.05, 0) is 64.3 Å². The van der Waals surface area contributed by atoms with Gasteiger partial charge in [0.1, 0.15) is 15.9 Å². The topological polar surface area (TPSA) is 104 Å². The molecule has 11 heteroatoms. The third kappa shape index (κ3) is 5.16. The average molecular weight is 589 g/mol. The number of nitrogens with zero attached hydrogens (tertiary/aromatic N) is 3. The second-order valence-electron chi connectivity index (χ2n) is 10.6. The number of hydrogen-bond donors (Lipinski definition) is 2. The molecule has 4 amide bonds. The fourth-order valence-electron chi connectivity index (χ4n) is 4.96. The molecule has 3 aliphatic rings. The van der Waals surface area contributed by atoms with Gasteiger partial charge in [0.25, 0.3) is 0 Å². The lowest BCUT2D eigenvalue weighted by Crippen LogP contribution is -2.54. The van der Waals surface area contributed by atoms with Crippen molar-refractivity contribution < 1.29 is 19.1 Å². The molecular formula is C26H30BrN5O4S. The fraction of sp³-hybridized carbons (Fsp3) is 0.462. The number of likely N-dealkylation sites (tertiary alicyclic amines) is 1. The monoisotopic (exact) mass is 587 g/mol. The van der Waals surface area contributed by atoms with E-state index in [0.717, 1.165) is 44.8 Å². The van der Waals surface area contributed by atoms with Crippen LogP contribution in [0.5, 0.6) is 0 Å². The Morgan fingerprint density at radius 3 is 2.78 bits per heavy atom. The van der Waals surface area contributed by atoms with Gasteiger partial charge in [-0.2, -0.15) is 0 Å². The quantitative estimate of drug-likeness (QED) is 0.521. The number of piperidine rings is 1. The van der Waals surface area contributed by atoms with E-state index in [1.54, 1.807) is 16.0 Å². The van der Waals surface area contributed by atoms with E-state index in [4.69, 9.17) is 4.74 Å². The first-order valence-corrected chi connectivity index (χ1v) is 14.0. The highest BCUT2D eigenvalue weighted by Crippen LogP contribution is 2.51. The maximum atomic E-state index is 13.5. The zero-order valence-corrected chi connectivity index (χ0v) is 23.6. The molecule has 1 saturated heterocycles. The van der Waals surface area contributed by atoms with Gasteiger partial charge in [0.15, 0.2) is 0 Å². The molecule has 0 bridgehead atoms. The normalized spacial score (nSPS) is 22.8. The number of halogens is 1. The number of hydrogen-bond acceptors (Lipinski definition) is 6. The number of benzene rings is 1. The van der Waals surface area contributed by atoms with Crippen LogP contribution in [0.25, 0.3) is 0 Å². The van der Waals surface area contributed by atoms with Crippen molar-refractivity contribution in [3.8, 4) is 0 Å². The average Bonchev–Trinajstić information content (AvgIpc) is 3.20. The summed E-state index contributed by atoms with van der Waals surface area (Å²) in [6.45, 7) is 8.45. The smallest absolute Gasteiger partial charge is 0.410 e. The molecule has 0 saturated carbocycles. The van der Waals surface area contributed by atoms with Crippen molar-refractivity contribution in [3.63, 3.8) is 0 Å². The molecule has 3 aliphatic heterocycles. The van der Waals surface area contributed by atoms with E-state index in [1.165, 1.54) is 11.8 Å². The Balaban J connectivity index is 1.34. The van der Waals surface area contributed by atoms with Gasteiger partial charge >= 0.3 is 12.1 Å². The van der Waals surface area contributed by atoms with Crippen LogP contribution < -0.4 is 15.5 Å².